The quantitative estimate of drug-likeness (QED) is 0.711. The molecule has 0 saturated heterocycles. The van der Waals surface area contributed by atoms with Crippen molar-refractivity contribution in [3.05, 3.63) is 95.1 Å². The minimum absolute atomic E-state index is 0.118. The second kappa shape index (κ2) is 7.37. The van der Waals surface area contributed by atoms with E-state index in [0.717, 1.165) is 12.1 Å². The van der Waals surface area contributed by atoms with Crippen LogP contribution in [0.3, 0.4) is 0 Å². The van der Waals surface area contributed by atoms with E-state index in [9.17, 15) is 0 Å². The van der Waals surface area contributed by atoms with Gasteiger partial charge in [-0.2, -0.15) is 0 Å². The minimum atomic E-state index is 0.118. The van der Waals surface area contributed by atoms with Crippen LogP contribution in [-0.4, -0.2) is 29.0 Å². The summed E-state index contributed by atoms with van der Waals surface area (Å²) in [5.74, 6) is 0. The van der Waals surface area contributed by atoms with E-state index in [1.54, 1.807) is 6.33 Å². The van der Waals surface area contributed by atoms with Crippen molar-refractivity contribution in [3.63, 3.8) is 0 Å². The molecule has 0 amide bonds. The molecule has 3 heteroatoms. The lowest BCUT2D eigenvalue weighted by atomic mass is 9.89. The molecular formula is C21H23N3. The number of aromatic nitrogens is 2. The molecule has 0 aliphatic rings. The van der Waals surface area contributed by atoms with E-state index in [2.05, 4.69) is 84.4 Å². The van der Waals surface area contributed by atoms with Gasteiger partial charge in [-0.3, -0.25) is 4.90 Å². The van der Waals surface area contributed by atoms with Crippen LogP contribution in [-0.2, 0) is 6.42 Å². The van der Waals surface area contributed by atoms with Crippen LogP contribution in [0.5, 0.6) is 0 Å². The third-order valence-corrected chi connectivity index (χ3v) is 4.33. The zero-order valence-corrected chi connectivity index (χ0v) is 14.5. The lowest BCUT2D eigenvalue weighted by Crippen LogP contribution is -2.24. The van der Waals surface area contributed by atoms with Gasteiger partial charge < -0.3 is 0 Å². The Morgan fingerprint density at radius 1 is 0.958 bits per heavy atom. The van der Waals surface area contributed by atoms with E-state index >= 15 is 0 Å². The van der Waals surface area contributed by atoms with Crippen molar-refractivity contribution >= 4 is 0 Å². The van der Waals surface area contributed by atoms with Crippen LogP contribution in [0.15, 0.2) is 67.1 Å². The van der Waals surface area contributed by atoms with Crippen molar-refractivity contribution < 1.29 is 0 Å². The molecule has 3 nitrogen and oxygen atoms in total. The molecule has 1 unspecified atom stereocenters. The van der Waals surface area contributed by atoms with Gasteiger partial charge in [-0.15, -0.1) is 0 Å². The van der Waals surface area contributed by atoms with E-state index in [-0.39, 0.29) is 6.04 Å². The molecule has 0 spiro atoms. The number of nitrogens with zero attached hydrogens (tertiary/aromatic N) is 3. The maximum Gasteiger partial charge on any atom is 0.115 e. The molecule has 3 aromatic rings. The first-order chi connectivity index (χ1) is 11.7. The monoisotopic (exact) mass is 317 g/mol. The number of hydrogen-bond donors (Lipinski definition) is 0. The summed E-state index contributed by atoms with van der Waals surface area (Å²) >= 11 is 0. The Morgan fingerprint density at radius 2 is 1.75 bits per heavy atom. The van der Waals surface area contributed by atoms with E-state index < -0.39 is 0 Å². The van der Waals surface area contributed by atoms with Gasteiger partial charge in [0.25, 0.3) is 0 Å². The number of rotatable bonds is 5. The molecule has 0 N–H and O–H groups in total. The highest BCUT2D eigenvalue weighted by molar-refractivity contribution is 5.43. The average Bonchev–Trinajstić information content (AvgIpc) is 2.59. The molecule has 3 rings (SSSR count). The van der Waals surface area contributed by atoms with E-state index in [1.165, 1.54) is 22.3 Å². The first-order valence-electron chi connectivity index (χ1n) is 8.21. The molecule has 0 saturated carbocycles. The highest BCUT2D eigenvalue weighted by Gasteiger charge is 2.22. The van der Waals surface area contributed by atoms with Crippen LogP contribution in [0.4, 0.5) is 0 Å². The normalized spacial score (nSPS) is 12.3. The van der Waals surface area contributed by atoms with Crippen LogP contribution >= 0.6 is 0 Å². The highest BCUT2D eigenvalue weighted by atomic mass is 15.1. The van der Waals surface area contributed by atoms with Crippen LogP contribution in [0.2, 0.25) is 0 Å². The summed E-state index contributed by atoms with van der Waals surface area (Å²) < 4.78 is 0. The fraction of sp³-hybridized carbons (Fsp3) is 0.238. The van der Waals surface area contributed by atoms with Gasteiger partial charge >= 0.3 is 0 Å². The summed E-state index contributed by atoms with van der Waals surface area (Å²) in [6.45, 7) is 2.18. The topological polar surface area (TPSA) is 29.0 Å². The zero-order valence-electron chi connectivity index (χ0n) is 14.5. The predicted octanol–water partition coefficient (Wildman–Crippen LogP) is 4.03. The van der Waals surface area contributed by atoms with Gasteiger partial charge in [0, 0.05) is 6.20 Å². The summed E-state index contributed by atoms with van der Waals surface area (Å²) in [5, 5.41) is 0. The van der Waals surface area contributed by atoms with E-state index in [1.807, 2.05) is 12.3 Å². The van der Waals surface area contributed by atoms with Crippen LogP contribution < -0.4 is 0 Å². The van der Waals surface area contributed by atoms with Gasteiger partial charge in [-0.1, -0.05) is 48.5 Å². The van der Waals surface area contributed by atoms with Crippen molar-refractivity contribution in [3.8, 4) is 0 Å². The number of aryl methyl sites for hydroxylation is 1. The first-order valence-corrected chi connectivity index (χ1v) is 8.21. The SMILES string of the molecule is Cc1cccc(Cc2ccccc2)c1C(c1ccncn1)N(C)C. The molecule has 1 atom stereocenters. The fourth-order valence-corrected chi connectivity index (χ4v) is 3.24. The fourth-order valence-electron chi connectivity index (χ4n) is 3.24. The van der Waals surface area contributed by atoms with Crippen molar-refractivity contribution in [2.45, 2.75) is 19.4 Å². The maximum atomic E-state index is 4.51. The van der Waals surface area contributed by atoms with Crippen LogP contribution in [0.25, 0.3) is 0 Å². The third-order valence-electron chi connectivity index (χ3n) is 4.33. The Morgan fingerprint density at radius 3 is 2.42 bits per heavy atom. The maximum absolute atomic E-state index is 4.51. The molecule has 1 aromatic heterocycles. The van der Waals surface area contributed by atoms with Crippen molar-refractivity contribution in [1.29, 1.82) is 0 Å². The summed E-state index contributed by atoms with van der Waals surface area (Å²) in [7, 11) is 4.21. The Balaban J connectivity index is 2.08. The van der Waals surface area contributed by atoms with Gasteiger partial charge in [0.2, 0.25) is 0 Å². The van der Waals surface area contributed by atoms with Crippen molar-refractivity contribution in [1.82, 2.24) is 14.9 Å². The first kappa shape index (κ1) is 16.3. The predicted molar refractivity (Wildman–Crippen MR) is 98.0 cm³/mol. The van der Waals surface area contributed by atoms with Crippen molar-refractivity contribution in [2.24, 2.45) is 0 Å². The highest BCUT2D eigenvalue weighted by Crippen LogP contribution is 2.31. The number of hydrogen-bond acceptors (Lipinski definition) is 3. The second-order valence-corrected chi connectivity index (χ2v) is 6.31. The van der Waals surface area contributed by atoms with Gasteiger partial charge in [0.1, 0.15) is 6.33 Å². The molecule has 0 fully saturated rings. The molecule has 0 aliphatic heterocycles. The number of benzene rings is 2. The lowest BCUT2D eigenvalue weighted by molar-refractivity contribution is 0.333. The largest absolute Gasteiger partial charge is 0.297 e. The van der Waals surface area contributed by atoms with E-state index in [4.69, 9.17) is 0 Å². The summed E-state index contributed by atoms with van der Waals surface area (Å²) in [4.78, 5) is 10.8. The summed E-state index contributed by atoms with van der Waals surface area (Å²) in [6, 6.07) is 19.3. The lowest BCUT2D eigenvalue weighted by Gasteiger charge is -2.28. The molecule has 2 aromatic carbocycles. The van der Waals surface area contributed by atoms with Gasteiger partial charge in [0.15, 0.2) is 0 Å². The smallest absolute Gasteiger partial charge is 0.115 e. The summed E-state index contributed by atoms with van der Waals surface area (Å²) in [5.41, 5.74) is 6.33. The molecule has 24 heavy (non-hydrogen) atoms. The van der Waals surface area contributed by atoms with Gasteiger partial charge in [-0.25, -0.2) is 9.97 Å². The Bertz CT molecular complexity index is 783. The average molecular weight is 317 g/mol. The third kappa shape index (κ3) is 3.52. The van der Waals surface area contributed by atoms with Gasteiger partial charge in [-0.05, 0) is 55.8 Å². The van der Waals surface area contributed by atoms with Crippen molar-refractivity contribution in [2.75, 3.05) is 14.1 Å². The molecule has 0 aliphatic carbocycles. The minimum Gasteiger partial charge on any atom is -0.297 e. The molecule has 122 valence electrons. The Hall–Kier alpha value is -2.52. The Kier molecular flexibility index (Phi) is 5.02. The van der Waals surface area contributed by atoms with Gasteiger partial charge in [0.05, 0.1) is 11.7 Å². The Labute approximate surface area is 144 Å². The standard InChI is InChI=1S/C21H23N3/c1-16-8-7-11-18(14-17-9-5-4-6-10-17)20(16)21(24(2)3)19-12-13-22-15-23-19/h4-13,15,21H,14H2,1-3H3. The molecule has 1 heterocycles. The molecule has 0 bridgehead atoms. The van der Waals surface area contributed by atoms with Crippen LogP contribution in [0, 0.1) is 6.92 Å². The second-order valence-electron chi connectivity index (χ2n) is 6.31. The molecular weight excluding hydrogens is 294 g/mol. The summed E-state index contributed by atoms with van der Waals surface area (Å²) in [6.07, 6.45) is 4.36. The van der Waals surface area contributed by atoms with E-state index in [0.29, 0.717) is 0 Å². The zero-order chi connectivity index (χ0) is 16.9. The molecule has 0 radical (unpaired) electrons. The van der Waals surface area contributed by atoms with Crippen LogP contribution in [0.1, 0.15) is 34.0 Å².